The fourth-order valence-electron chi connectivity index (χ4n) is 2.13. The summed E-state index contributed by atoms with van der Waals surface area (Å²) in [6.45, 7) is 6.16. The van der Waals surface area contributed by atoms with Crippen molar-refractivity contribution in [2.45, 2.75) is 20.8 Å². The van der Waals surface area contributed by atoms with E-state index in [2.05, 4.69) is 25.8 Å². The van der Waals surface area contributed by atoms with Crippen LogP contribution in [0.1, 0.15) is 18.1 Å². The third-order valence-electron chi connectivity index (χ3n) is 3.20. The highest BCUT2D eigenvalue weighted by atomic mass is 14.6. The summed E-state index contributed by atoms with van der Waals surface area (Å²) in [6.07, 6.45) is 3.64. The number of benzene rings is 1. The van der Waals surface area contributed by atoms with Crippen LogP contribution >= 0.6 is 0 Å². The first-order valence-corrected chi connectivity index (χ1v) is 5.51. The van der Waals surface area contributed by atoms with Gasteiger partial charge in [0.1, 0.15) is 7.85 Å². The average molecular weight is 210 g/mol. The van der Waals surface area contributed by atoms with Crippen LogP contribution in [-0.2, 0) is 0 Å². The number of pyridine rings is 1. The van der Waals surface area contributed by atoms with Crippen LogP contribution in [0.5, 0.6) is 0 Å². The van der Waals surface area contributed by atoms with Crippen molar-refractivity contribution in [3.8, 4) is 11.1 Å². The first kappa shape index (κ1) is 9.65. The van der Waals surface area contributed by atoms with Crippen molar-refractivity contribution in [1.82, 2.24) is 4.98 Å². The highest BCUT2D eigenvalue weighted by Gasteiger charge is 2.09. The number of aromatic nitrogens is 1. The summed E-state index contributed by atoms with van der Waals surface area (Å²) < 4.78 is 8.15. The lowest BCUT2D eigenvalue weighted by Gasteiger charge is -2.15. The minimum Gasteiger partial charge on any atom is -0.264 e. The Bertz CT molecular complexity index is 535. The first-order valence-electron chi connectivity index (χ1n) is 6.01. The Kier molecular flexibility index (Phi) is 2.49. The van der Waals surface area contributed by atoms with Gasteiger partial charge in [0, 0.05) is 18.0 Å². The Morgan fingerprint density at radius 2 is 2.00 bits per heavy atom. The lowest BCUT2D eigenvalue weighted by molar-refractivity contribution is 1.30. The Labute approximate surface area is 99.4 Å². The van der Waals surface area contributed by atoms with Crippen LogP contribution in [0.25, 0.3) is 11.1 Å². The first-order chi connectivity index (χ1) is 8.04. The van der Waals surface area contributed by atoms with Crippen molar-refractivity contribution in [2.24, 2.45) is 0 Å². The molecule has 2 aromatic rings. The predicted octanol–water partition coefficient (Wildman–Crippen LogP) is 1.93. The predicted molar refractivity (Wildman–Crippen MR) is 72.1 cm³/mol. The molecular formula is C14H16BN. The molecule has 0 aliphatic rings. The van der Waals surface area contributed by atoms with Crippen LogP contribution in [-0.4, -0.2) is 12.8 Å². The number of nitrogens with zero attached hydrogens (tertiary/aromatic N) is 1. The van der Waals surface area contributed by atoms with E-state index in [1.54, 1.807) is 6.20 Å². The van der Waals surface area contributed by atoms with Crippen LogP contribution < -0.4 is 5.46 Å². The molecule has 0 radical (unpaired) electrons. The van der Waals surface area contributed by atoms with Crippen LogP contribution in [0, 0.1) is 20.8 Å². The van der Waals surface area contributed by atoms with E-state index in [0.717, 1.165) is 22.3 Å². The molecule has 0 saturated heterocycles. The minimum atomic E-state index is 0.645. The molecular weight excluding hydrogens is 193 g/mol. The molecule has 80 valence electrons. The smallest absolute Gasteiger partial charge is 0.140 e. The minimum absolute atomic E-state index is 0.645. The summed E-state index contributed by atoms with van der Waals surface area (Å²) in [6, 6.07) is 4.63. The molecule has 16 heavy (non-hydrogen) atoms. The van der Waals surface area contributed by atoms with Crippen LogP contribution in [0.3, 0.4) is 0 Å². The Hall–Kier alpha value is -1.57. The van der Waals surface area contributed by atoms with E-state index in [1.807, 2.05) is 26.1 Å². The molecule has 0 bridgehead atoms. The lowest BCUT2D eigenvalue weighted by atomic mass is 9.81. The third kappa shape index (κ3) is 1.76. The maximum absolute atomic E-state index is 8.15. The van der Waals surface area contributed by atoms with Crippen molar-refractivity contribution >= 4 is 13.3 Å². The van der Waals surface area contributed by atoms with E-state index in [-0.39, 0.29) is 0 Å². The standard InChI is InChI=1S/C14H16BN/c1-9-7-10(2)14(15)11(3)13(9)12-5-4-6-16-8-12/h4-8H,15H2,1-3H3/i7D. The molecule has 0 spiro atoms. The summed E-state index contributed by atoms with van der Waals surface area (Å²) in [5, 5.41) is 0. The van der Waals surface area contributed by atoms with Crippen molar-refractivity contribution in [2.75, 3.05) is 0 Å². The number of hydrogen-bond acceptors (Lipinski definition) is 1. The SMILES string of the molecule is [2H]c1c(C)c(B)c(C)c(-c2cccnc2)c1C. The number of rotatable bonds is 1. The van der Waals surface area contributed by atoms with Crippen LogP contribution in [0.2, 0.25) is 0 Å². The van der Waals surface area contributed by atoms with Gasteiger partial charge >= 0.3 is 0 Å². The van der Waals surface area contributed by atoms with Crippen LogP contribution in [0.4, 0.5) is 0 Å². The van der Waals surface area contributed by atoms with E-state index in [4.69, 9.17) is 1.37 Å². The molecule has 0 N–H and O–H groups in total. The van der Waals surface area contributed by atoms with Gasteiger partial charge in [0.25, 0.3) is 0 Å². The Balaban J connectivity index is 2.80. The van der Waals surface area contributed by atoms with Gasteiger partial charge < -0.3 is 0 Å². The highest BCUT2D eigenvalue weighted by molar-refractivity contribution is 6.34. The maximum Gasteiger partial charge on any atom is 0.140 e. The third-order valence-corrected chi connectivity index (χ3v) is 3.20. The topological polar surface area (TPSA) is 12.9 Å². The van der Waals surface area contributed by atoms with Gasteiger partial charge in [0.05, 0.1) is 1.37 Å². The Morgan fingerprint density at radius 1 is 1.25 bits per heavy atom. The van der Waals surface area contributed by atoms with Crippen molar-refractivity contribution in [3.05, 3.63) is 47.3 Å². The van der Waals surface area contributed by atoms with Gasteiger partial charge in [-0.2, -0.15) is 0 Å². The van der Waals surface area contributed by atoms with Crippen molar-refractivity contribution < 1.29 is 1.37 Å². The largest absolute Gasteiger partial charge is 0.264 e. The second-order valence-electron chi connectivity index (χ2n) is 4.24. The molecule has 2 rings (SSSR count). The Morgan fingerprint density at radius 3 is 2.62 bits per heavy atom. The summed E-state index contributed by atoms with van der Waals surface area (Å²) >= 11 is 0. The molecule has 0 aliphatic heterocycles. The summed E-state index contributed by atoms with van der Waals surface area (Å²) in [5.41, 5.74) is 6.83. The maximum atomic E-state index is 8.15. The average Bonchev–Trinajstić information content (AvgIpc) is 2.36. The quantitative estimate of drug-likeness (QED) is 0.655. The zero-order valence-electron chi connectivity index (χ0n) is 11.3. The fraction of sp³-hybridized carbons (Fsp3) is 0.214. The van der Waals surface area contributed by atoms with E-state index in [1.165, 1.54) is 11.0 Å². The van der Waals surface area contributed by atoms with Gasteiger partial charge in [-0.05, 0) is 43.5 Å². The lowest BCUT2D eigenvalue weighted by Crippen LogP contribution is -2.14. The second kappa shape index (κ2) is 4.13. The van der Waals surface area contributed by atoms with Crippen LogP contribution in [0.15, 0.2) is 30.6 Å². The summed E-state index contributed by atoms with van der Waals surface area (Å²) in [7, 11) is 2.09. The molecule has 0 unspecified atom stereocenters. The van der Waals surface area contributed by atoms with Gasteiger partial charge in [-0.25, -0.2) is 0 Å². The normalized spacial score (nSPS) is 11.3. The summed E-state index contributed by atoms with van der Waals surface area (Å²) in [5.74, 6) is 0. The molecule has 0 amide bonds. The zero-order chi connectivity index (χ0) is 12.6. The molecule has 0 fully saturated rings. The molecule has 2 heteroatoms. The zero-order valence-corrected chi connectivity index (χ0v) is 10.3. The molecule has 1 nitrogen and oxygen atoms in total. The molecule has 1 aromatic heterocycles. The monoisotopic (exact) mass is 210 g/mol. The molecule has 1 aromatic carbocycles. The van der Waals surface area contributed by atoms with Crippen molar-refractivity contribution in [1.29, 1.82) is 0 Å². The highest BCUT2D eigenvalue weighted by Crippen LogP contribution is 2.25. The molecule has 0 aliphatic carbocycles. The van der Waals surface area contributed by atoms with Gasteiger partial charge in [-0.3, -0.25) is 4.98 Å². The number of hydrogen-bond donors (Lipinski definition) is 0. The van der Waals surface area contributed by atoms with E-state index < -0.39 is 0 Å². The summed E-state index contributed by atoms with van der Waals surface area (Å²) in [4.78, 5) is 4.16. The molecule has 1 heterocycles. The van der Waals surface area contributed by atoms with Gasteiger partial charge in [-0.15, -0.1) is 0 Å². The van der Waals surface area contributed by atoms with E-state index >= 15 is 0 Å². The van der Waals surface area contributed by atoms with E-state index in [9.17, 15) is 0 Å². The fourth-order valence-corrected chi connectivity index (χ4v) is 2.13. The van der Waals surface area contributed by atoms with Gasteiger partial charge in [-0.1, -0.05) is 23.1 Å². The molecule has 0 atom stereocenters. The van der Waals surface area contributed by atoms with Gasteiger partial charge in [0.2, 0.25) is 0 Å². The van der Waals surface area contributed by atoms with Crippen molar-refractivity contribution in [3.63, 3.8) is 0 Å². The van der Waals surface area contributed by atoms with Gasteiger partial charge in [0.15, 0.2) is 0 Å². The second-order valence-corrected chi connectivity index (χ2v) is 4.24. The molecule has 0 saturated carbocycles. The van der Waals surface area contributed by atoms with E-state index in [0.29, 0.717) is 6.04 Å².